The molecule has 1 aromatic heterocycles. The third kappa shape index (κ3) is 3.52. The molecule has 1 aliphatic rings. The number of carboxylic acid groups (broad SMARTS) is 1. The first-order valence-corrected chi connectivity index (χ1v) is 8.76. The minimum Gasteiger partial charge on any atom is -0.480 e. The van der Waals surface area contributed by atoms with E-state index in [9.17, 15) is 9.59 Å². The van der Waals surface area contributed by atoms with Gasteiger partial charge in [0, 0.05) is 4.88 Å². The number of carbonyl (C=O) groups is 2. The number of carboxylic acids is 1. The zero-order chi connectivity index (χ0) is 16.4. The summed E-state index contributed by atoms with van der Waals surface area (Å²) in [5, 5.41) is 10.9. The van der Waals surface area contributed by atoms with Crippen molar-refractivity contribution >= 4 is 57.6 Å². The van der Waals surface area contributed by atoms with Crippen molar-refractivity contribution in [3.63, 3.8) is 0 Å². The minimum atomic E-state index is -1.08. The number of hydrogen-bond acceptors (Lipinski definition) is 5. The molecule has 0 radical (unpaired) electrons. The number of carbonyl (C=O) groups excluding carboxylic acids is 1. The molecule has 1 fully saturated rings. The lowest BCUT2D eigenvalue weighted by molar-refractivity contribution is -0.140. The largest absolute Gasteiger partial charge is 0.480 e. The molecule has 0 atom stereocenters. The van der Waals surface area contributed by atoms with Gasteiger partial charge in [0.15, 0.2) is 0 Å². The second-order valence-corrected chi connectivity index (χ2v) is 7.38. The van der Waals surface area contributed by atoms with Crippen LogP contribution in [-0.2, 0) is 9.59 Å². The Kier molecular flexibility index (Phi) is 4.61. The molecule has 1 saturated heterocycles. The van der Waals surface area contributed by atoms with E-state index in [0.29, 0.717) is 4.91 Å². The summed E-state index contributed by atoms with van der Waals surface area (Å²) in [6.07, 6.45) is 1.76. The average molecular weight is 361 g/mol. The molecule has 116 valence electrons. The van der Waals surface area contributed by atoms with Crippen molar-refractivity contribution in [3.8, 4) is 11.1 Å². The Morgan fingerprint density at radius 3 is 2.70 bits per heavy atom. The maximum absolute atomic E-state index is 12.2. The maximum Gasteiger partial charge on any atom is 0.323 e. The number of aliphatic carboxylic acids is 1. The van der Waals surface area contributed by atoms with Crippen molar-refractivity contribution < 1.29 is 14.7 Å². The molecule has 0 spiro atoms. The Bertz CT molecular complexity index is 811. The van der Waals surface area contributed by atoms with Crippen LogP contribution in [0.4, 0.5) is 0 Å². The van der Waals surface area contributed by atoms with Crippen molar-refractivity contribution in [2.75, 3.05) is 6.54 Å². The molecule has 0 saturated carbocycles. The van der Waals surface area contributed by atoms with Gasteiger partial charge < -0.3 is 5.11 Å². The standard InChI is InChI=1S/C16H11NO3S3/c18-14(19)8-17-15(20)13(23-16(17)21)7-12-6-11(9-22-12)10-4-2-1-3-5-10/h1-7,9H,8H2,(H,18,19)/b13-7-. The van der Waals surface area contributed by atoms with Crippen molar-refractivity contribution in [2.45, 2.75) is 0 Å². The van der Waals surface area contributed by atoms with E-state index in [1.165, 1.54) is 11.3 Å². The molecule has 0 bridgehead atoms. The van der Waals surface area contributed by atoms with E-state index in [2.05, 4.69) is 0 Å². The van der Waals surface area contributed by atoms with E-state index >= 15 is 0 Å². The molecule has 7 heteroatoms. The summed E-state index contributed by atoms with van der Waals surface area (Å²) < 4.78 is 0.281. The summed E-state index contributed by atoms with van der Waals surface area (Å²) in [6.45, 7) is -0.401. The second kappa shape index (κ2) is 6.66. The Morgan fingerprint density at radius 1 is 1.26 bits per heavy atom. The number of nitrogens with zero attached hydrogens (tertiary/aromatic N) is 1. The van der Waals surface area contributed by atoms with Gasteiger partial charge in [-0.05, 0) is 28.6 Å². The number of hydrogen-bond donors (Lipinski definition) is 1. The highest BCUT2D eigenvalue weighted by atomic mass is 32.2. The van der Waals surface area contributed by atoms with Crippen LogP contribution >= 0.6 is 35.3 Å². The van der Waals surface area contributed by atoms with Gasteiger partial charge in [-0.25, -0.2) is 0 Å². The molecule has 1 amide bonds. The number of benzene rings is 1. The highest BCUT2D eigenvalue weighted by Crippen LogP contribution is 2.34. The molecule has 1 aliphatic heterocycles. The zero-order valence-corrected chi connectivity index (χ0v) is 14.2. The zero-order valence-electron chi connectivity index (χ0n) is 11.8. The van der Waals surface area contributed by atoms with Gasteiger partial charge in [0.1, 0.15) is 10.9 Å². The van der Waals surface area contributed by atoms with Crippen molar-refractivity contribution in [1.82, 2.24) is 4.90 Å². The van der Waals surface area contributed by atoms with Gasteiger partial charge in [-0.15, -0.1) is 11.3 Å². The fourth-order valence-corrected chi connectivity index (χ4v) is 4.28. The van der Waals surface area contributed by atoms with E-state index in [1.807, 2.05) is 41.8 Å². The van der Waals surface area contributed by atoms with Crippen LogP contribution < -0.4 is 0 Å². The summed E-state index contributed by atoms with van der Waals surface area (Å²) in [6, 6.07) is 12.0. The van der Waals surface area contributed by atoms with Crippen LogP contribution in [0.3, 0.4) is 0 Å². The molecule has 4 nitrogen and oxygen atoms in total. The summed E-state index contributed by atoms with van der Waals surface area (Å²) in [4.78, 5) is 25.5. The third-order valence-electron chi connectivity index (χ3n) is 3.17. The molecule has 0 unspecified atom stereocenters. The van der Waals surface area contributed by atoms with Gasteiger partial charge in [-0.2, -0.15) is 0 Å². The van der Waals surface area contributed by atoms with E-state index in [1.54, 1.807) is 6.08 Å². The molecule has 0 aliphatic carbocycles. The van der Waals surface area contributed by atoms with E-state index in [4.69, 9.17) is 17.3 Å². The van der Waals surface area contributed by atoms with Crippen LogP contribution in [0.5, 0.6) is 0 Å². The molecule has 2 heterocycles. The fraction of sp³-hybridized carbons (Fsp3) is 0.0625. The summed E-state index contributed by atoms with van der Waals surface area (Å²) in [5.74, 6) is -1.43. The Labute approximate surface area is 146 Å². The SMILES string of the molecule is O=C(O)CN1C(=O)/C(=C/c2cc(-c3ccccc3)cs2)SC1=S. The average Bonchev–Trinajstić information content (AvgIpc) is 3.09. The van der Waals surface area contributed by atoms with Gasteiger partial charge in [0.25, 0.3) is 5.91 Å². The first-order chi connectivity index (χ1) is 11.0. The summed E-state index contributed by atoms with van der Waals surface area (Å²) in [7, 11) is 0. The van der Waals surface area contributed by atoms with Gasteiger partial charge in [-0.3, -0.25) is 14.5 Å². The minimum absolute atomic E-state index is 0.281. The lowest BCUT2D eigenvalue weighted by Crippen LogP contribution is -2.33. The predicted molar refractivity (Wildman–Crippen MR) is 97.3 cm³/mol. The van der Waals surface area contributed by atoms with E-state index in [-0.39, 0.29) is 10.2 Å². The number of amides is 1. The van der Waals surface area contributed by atoms with Crippen LogP contribution in [0.25, 0.3) is 17.2 Å². The number of thiocarbonyl (C=S) groups is 1. The molecule has 3 rings (SSSR count). The Morgan fingerprint density at radius 2 is 2.00 bits per heavy atom. The Hall–Kier alpha value is -1.96. The molecule has 1 N–H and O–H groups in total. The summed E-state index contributed by atoms with van der Waals surface area (Å²) >= 11 is 7.74. The molecule has 2 aromatic rings. The second-order valence-electron chi connectivity index (χ2n) is 4.77. The molecular weight excluding hydrogens is 350 g/mol. The lowest BCUT2D eigenvalue weighted by atomic mass is 10.1. The highest BCUT2D eigenvalue weighted by molar-refractivity contribution is 8.26. The fourth-order valence-electron chi connectivity index (χ4n) is 2.11. The number of rotatable bonds is 4. The lowest BCUT2D eigenvalue weighted by Gasteiger charge is -2.09. The van der Waals surface area contributed by atoms with Crippen LogP contribution in [0, 0.1) is 0 Å². The van der Waals surface area contributed by atoms with Crippen molar-refractivity contribution in [1.29, 1.82) is 0 Å². The number of thioether (sulfide) groups is 1. The van der Waals surface area contributed by atoms with E-state index in [0.717, 1.165) is 32.7 Å². The summed E-state index contributed by atoms with van der Waals surface area (Å²) in [5.41, 5.74) is 2.20. The van der Waals surface area contributed by atoms with Gasteiger partial charge in [-0.1, -0.05) is 54.3 Å². The topological polar surface area (TPSA) is 57.6 Å². The van der Waals surface area contributed by atoms with Crippen LogP contribution in [-0.4, -0.2) is 32.7 Å². The molecule has 23 heavy (non-hydrogen) atoms. The predicted octanol–water partition coefficient (Wildman–Crippen LogP) is 3.70. The van der Waals surface area contributed by atoms with Crippen LogP contribution in [0.2, 0.25) is 0 Å². The Balaban J connectivity index is 1.83. The molecule has 1 aromatic carbocycles. The normalized spacial score (nSPS) is 16.3. The van der Waals surface area contributed by atoms with Crippen molar-refractivity contribution in [3.05, 3.63) is 51.6 Å². The monoisotopic (exact) mass is 361 g/mol. The highest BCUT2D eigenvalue weighted by Gasteiger charge is 2.33. The third-order valence-corrected chi connectivity index (χ3v) is 5.42. The van der Waals surface area contributed by atoms with Gasteiger partial charge >= 0.3 is 5.97 Å². The number of thiophene rings is 1. The first-order valence-electron chi connectivity index (χ1n) is 6.66. The van der Waals surface area contributed by atoms with Crippen molar-refractivity contribution in [2.24, 2.45) is 0 Å². The maximum atomic E-state index is 12.2. The van der Waals surface area contributed by atoms with Gasteiger partial charge in [0.2, 0.25) is 0 Å². The van der Waals surface area contributed by atoms with Crippen LogP contribution in [0.1, 0.15) is 4.88 Å². The first kappa shape index (κ1) is 15.9. The quantitative estimate of drug-likeness (QED) is 0.665. The van der Waals surface area contributed by atoms with E-state index < -0.39 is 12.5 Å². The molecular formula is C16H11NO3S3. The van der Waals surface area contributed by atoms with Gasteiger partial charge in [0.05, 0.1) is 4.91 Å². The smallest absolute Gasteiger partial charge is 0.323 e. The van der Waals surface area contributed by atoms with Crippen LogP contribution in [0.15, 0.2) is 46.7 Å².